The Labute approximate surface area is 156 Å². The number of nitrogens with zero attached hydrogens (tertiary/aromatic N) is 3. The van der Waals surface area contributed by atoms with Crippen LogP contribution in [-0.2, 0) is 0 Å². The van der Waals surface area contributed by atoms with Crippen LogP contribution < -0.4 is 9.64 Å². The molecular weight excluding hydrogens is 322 g/mol. The molecule has 4 nitrogen and oxygen atoms in total. The molecule has 136 valence electrons. The summed E-state index contributed by atoms with van der Waals surface area (Å²) >= 11 is 0. The van der Waals surface area contributed by atoms with Gasteiger partial charge in [-0.25, -0.2) is 0 Å². The molecular formula is C22H27N3O. The topological polar surface area (TPSA) is 28.1 Å². The van der Waals surface area contributed by atoms with Crippen molar-refractivity contribution in [3.05, 3.63) is 59.2 Å². The van der Waals surface area contributed by atoms with Crippen molar-refractivity contribution in [1.82, 2.24) is 4.90 Å². The summed E-state index contributed by atoms with van der Waals surface area (Å²) in [6.45, 7) is 2.16. The first kappa shape index (κ1) is 17.1. The van der Waals surface area contributed by atoms with Gasteiger partial charge in [0.1, 0.15) is 5.75 Å². The smallest absolute Gasteiger partial charge is 0.119 e. The lowest BCUT2D eigenvalue weighted by Gasteiger charge is -2.39. The summed E-state index contributed by atoms with van der Waals surface area (Å²) < 4.78 is 5.51. The zero-order chi connectivity index (χ0) is 18.3. The van der Waals surface area contributed by atoms with Crippen molar-refractivity contribution in [3.63, 3.8) is 0 Å². The van der Waals surface area contributed by atoms with Gasteiger partial charge in [0.2, 0.25) is 0 Å². The zero-order valence-electron chi connectivity index (χ0n) is 16.1. The maximum absolute atomic E-state index is 5.51. The second kappa shape index (κ2) is 6.76. The Morgan fingerprint density at radius 1 is 1.12 bits per heavy atom. The summed E-state index contributed by atoms with van der Waals surface area (Å²) in [6.07, 6.45) is 1.11. The fraction of sp³-hybridized carbons (Fsp3) is 0.409. The number of likely N-dealkylation sites (N-methyl/N-ethyl adjacent to an activating group) is 1. The number of aliphatic imine (C=N–C) groups is 1. The number of likely N-dealkylation sites (tertiary alicyclic amines) is 1. The molecule has 1 fully saturated rings. The van der Waals surface area contributed by atoms with Gasteiger partial charge in [0, 0.05) is 43.4 Å². The number of rotatable bonds is 3. The van der Waals surface area contributed by atoms with Crippen molar-refractivity contribution in [2.24, 2.45) is 4.99 Å². The van der Waals surface area contributed by atoms with E-state index in [4.69, 9.17) is 9.73 Å². The lowest BCUT2D eigenvalue weighted by molar-refractivity contribution is 0.227. The van der Waals surface area contributed by atoms with Crippen molar-refractivity contribution in [1.29, 1.82) is 0 Å². The molecule has 1 saturated heterocycles. The molecule has 26 heavy (non-hydrogen) atoms. The molecule has 0 radical (unpaired) electrons. The maximum Gasteiger partial charge on any atom is 0.119 e. The highest BCUT2D eigenvalue weighted by Gasteiger charge is 2.35. The standard InChI is InChI=1S/C22H27N3O/c1-24(2)16-7-5-15(6-8-16)22-18-10-9-17(26-4)13-19(18)20-14-25(3)12-11-21(20)23-22/h5-10,13,20-21H,11-12,14H2,1-4H3/t20-,21-/m0/s1. The Bertz CT molecular complexity index is 826. The minimum absolute atomic E-state index is 0.356. The van der Waals surface area contributed by atoms with Crippen molar-refractivity contribution in [3.8, 4) is 5.75 Å². The summed E-state index contributed by atoms with van der Waals surface area (Å²) in [5, 5.41) is 0. The number of benzene rings is 2. The van der Waals surface area contributed by atoms with E-state index in [-0.39, 0.29) is 0 Å². The number of ether oxygens (including phenoxy) is 1. The second-order valence-corrected chi connectivity index (χ2v) is 7.60. The molecule has 0 unspecified atom stereocenters. The summed E-state index contributed by atoms with van der Waals surface area (Å²) in [7, 11) is 8.08. The molecule has 2 aliphatic heterocycles. The van der Waals surface area contributed by atoms with Gasteiger partial charge in [-0.1, -0.05) is 12.1 Å². The van der Waals surface area contributed by atoms with E-state index in [0.717, 1.165) is 31.0 Å². The van der Waals surface area contributed by atoms with E-state index in [2.05, 4.69) is 73.4 Å². The molecule has 0 aromatic heterocycles. The third-order valence-corrected chi connectivity index (χ3v) is 5.64. The van der Waals surface area contributed by atoms with Gasteiger partial charge in [-0.3, -0.25) is 4.99 Å². The third kappa shape index (κ3) is 2.99. The van der Waals surface area contributed by atoms with Crippen molar-refractivity contribution in [2.75, 3.05) is 46.2 Å². The van der Waals surface area contributed by atoms with Crippen LogP contribution in [-0.4, -0.2) is 58.0 Å². The molecule has 2 heterocycles. The average molecular weight is 349 g/mol. The molecule has 2 aromatic carbocycles. The Balaban J connectivity index is 1.80. The highest BCUT2D eigenvalue weighted by molar-refractivity contribution is 6.14. The van der Waals surface area contributed by atoms with Crippen LogP contribution in [0, 0.1) is 0 Å². The van der Waals surface area contributed by atoms with Crippen molar-refractivity contribution >= 4 is 11.4 Å². The van der Waals surface area contributed by atoms with Gasteiger partial charge in [-0.2, -0.15) is 0 Å². The molecule has 2 aliphatic rings. The minimum atomic E-state index is 0.356. The van der Waals surface area contributed by atoms with Crippen LogP contribution in [0.3, 0.4) is 0 Å². The second-order valence-electron chi connectivity index (χ2n) is 7.60. The molecule has 2 atom stereocenters. The van der Waals surface area contributed by atoms with Gasteiger partial charge in [0.05, 0.1) is 18.9 Å². The van der Waals surface area contributed by atoms with Crippen LogP contribution in [0.2, 0.25) is 0 Å². The number of hydrogen-bond acceptors (Lipinski definition) is 4. The van der Waals surface area contributed by atoms with Crippen LogP contribution in [0.1, 0.15) is 29.0 Å². The molecule has 4 heteroatoms. The zero-order valence-corrected chi connectivity index (χ0v) is 16.1. The van der Waals surface area contributed by atoms with Gasteiger partial charge >= 0.3 is 0 Å². The summed E-state index contributed by atoms with van der Waals surface area (Å²) in [5.41, 5.74) is 6.15. The summed E-state index contributed by atoms with van der Waals surface area (Å²) in [4.78, 5) is 9.75. The highest BCUT2D eigenvalue weighted by atomic mass is 16.5. The Morgan fingerprint density at radius 3 is 2.58 bits per heavy atom. The predicted octanol–water partition coefficient (Wildman–Crippen LogP) is 3.40. The predicted molar refractivity (Wildman–Crippen MR) is 108 cm³/mol. The van der Waals surface area contributed by atoms with Crippen LogP contribution in [0.5, 0.6) is 5.75 Å². The first-order valence-corrected chi connectivity index (χ1v) is 9.29. The number of piperidine rings is 1. The number of hydrogen-bond donors (Lipinski definition) is 0. The van der Waals surface area contributed by atoms with Gasteiger partial charge in [0.15, 0.2) is 0 Å². The monoisotopic (exact) mass is 349 g/mol. The molecule has 0 saturated carbocycles. The van der Waals surface area contributed by atoms with E-state index >= 15 is 0 Å². The average Bonchev–Trinajstić information content (AvgIpc) is 2.67. The first-order chi connectivity index (χ1) is 12.6. The van der Waals surface area contributed by atoms with Gasteiger partial charge in [0.25, 0.3) is 0 Å². The lowest BCUT2D eigenvalue weighted by atomic mass is 9.79. The van der Waals surface area contributed by atoms with Crippen molar-refractivity contribution < 1.29 is 4.74 Å². The first-order valence-electron chi connectivity index (χ1n) is 9.29. The molecule has 0 spiro atoms. The quantitative estimate of drug-likeness (QED) is 0.850. The third-order valence-electron chi connectivity index (χ3n) is 5.64. The Kier molecular flexibility index (Phi) is 4.45. The number of anilines is 1. The fourth-order valence-electron chi connectivity index (χ4n) is 4.14. The van der Waals surface area contributed by atoms with E-state index in [0.29, 0.717) is 12.0 Å². The molecule has 4 rings (SSSR count). The Hall–Kier alpha value is -2.33. The molecule has 2 aromatic rings. The molecule has 0 N–H and O–H groups in total. The molecule has 0 amide bonds. The van der Waals surface area contributed by atoms with E-state index in [1.165, 1.54) is 22.4 Å². The molecule has 0 aliphatic carbocycles. The van der Waals surface area contributed by atoms with Gasteiger partial charge in [-0.05, 0) is 55.9 Å². The van der Waals surface area contributed by atoms with Crippen molar-refractivity contribution in [2.45, 2.75) is 18.4 Å². The largest absolute Gasteiger partial charge is 0.497 e. The van der Waals surface area contributed by atoms with E-state index in [9.17, 15) is 0 Å². The number of fused-ring (bicyclic) bond motifs is 3. The van der Waals surface area contributed by atoms with E-state index in [1.54, 1.807) is 7.11 Å². The van der Waals surface area contributed by atoms with Crippen LogP contribution in [0.4, 0.5) is 5.69 Å². The lowest BCUT2D eigenvalue weighted by Crippen LogP contribution is -2.41. The number of methoxy groups -OCH3 is 1. The SMILES string of the molecule is COc1ccc2c(c1)[C@@H]1CN(C)CC[C@@H]1N=C2c1ccc(N(C)C)cc1. The highest BCUT2D eigenvalue weighted by Crippen LogP contribution is 2.38. The van der Waals surface area contributed by atoms with Crippen LogP contribution >= 0.6 is 0 Å². The van der Waals surface area contributed by atoms with E-state index in [1.807, 2.05) is 0 Å². The fourth-order valence-corrected chi connectivity index (χ4v) is 4.14. The van der Waals surface area contributed by atoms with E-state index < -0.39 is 0 Å². The summed E-state index contributed by atoms with van der Waals surface area (Å²) in [5.74, 6) is 1.38. The van der Waals surface area contributed by atoms with Crippen LogP contribution in [0.25, 0.3) is 0 Å². The van der Waals surface area contributed by atoms with Gasteiger partial charge < -0.3 is 14.5 Å². The minimum Gasteiger partial charge on any atom is -0.497 e. The van der Waals surface area contributed by atoms with Crippen LogP contribution in [0.15, 0.2) is 47.5 Å². The van der Waals surface area contributed by atoms with Gasteiger partial charge in [-0.15, -0.1) is 0 Å². The Morgan fingerprint density at radius 2 is 1.88 bits per heavy atom. The maximum atomic E-state index is 5.51. The normalized spacial score (nSPS) is 22.2. The molecule has 0 bridgehead atoms. The summed E-state index contributed by atoms with van der Waals surface area (Å²) in [6, 6.07) is 15.5.